The number of carbonyl (C=O) groups is 3. The van der Waals surface area contributed by atoms with Crippen LogP contribution in [0.4, 0.5) is 4.39 Å². The molecule has 0 bridgehead atoms. The molecule has 1 saturated heterocycles. The Balaban J connectivity index is 1.47. The fourth-order valence-electron chi connectivity index (χ4n) is 4.63. The van der Waals surface area contributed by atoms with Gasteiger partial charge in [0, 0.05) is 25.1 Å². The number of thiazole rings is 1. The van der Waals surface area contributed by atoms with Crippen LogP contribution in [0, 0.1) is 12.3 Å². The number of aliphatic hydroxyl groups excluding tert-OH is 1. The number of hydrogen-bond donors (Lipinski definition) is 3. The molecule has 2 aliphatic rings. The van der Waals surface area contributed by atoms with E-state index in [0.717, 1.165) is 21.7 Å². The van der Waals surface area contributed by atoms with E-state index in [1.165, 1.54) is 16.2 Å². The number of methoxy groups -OCH3 is 1. The highest BCUT2D eigenvalue weighted by Crippen LogP contribution is 2.40. The molecule has 38 heavy (non-hydrogen) atoms. The summed E-state index contributed by atoms with van der Waals surface area (Å²) in [6.45, 7) is 7.33. The SMILES string of the molecule is COc1cc(-c2scnc2C)ccc1CNC(=O)[C@@H]1C[C@@H](O)CN1C(=O)[C@@H](NC(=O)C1(F)CC1)C(C)(C)C. The molecule has 0 radical (unpaired) electrons. The number of aliphatic hydroxyl groups is 1. The summed E-state index contributed by atoms with van der Waals surface area (Å²) in [5, 5.41) is 15.8. The Hall–Kier alpha value is -3.05. The van der Waals surface area contributed by atoms with E-state index in [-0.39, 0.29) is 32.4 Å². The van der Waals surface area contributed by atoms with Gasteiger partial charge in [-0.1, -0.05) is 32.9 Å². The summed E-state index contributed by atoms with van der Waals surface area (Å²) in [4.78, 5) is 45.8. The maximum atomic E-state index is 14.3. The van der Waals surface area contributed by atoms with E-state index >= 15 is 0 Å². The van der Waals surface area contributed by atoms with Crippen molar-refractivity contribution in [2.24, 2.45) is 5.41 Å². The molecule has 206 valence electrons. The van der Waals surface area contributed by atoms with Gasteiger partial charge in [0.05, 0.1) is 29.3 Å². The first-order valence-electron chi connectivity index (χ1n) is 12.7. The molecule has 11 heteroatoms. The summed E-state index contributed by atoms with van der Waals surface area (Å²) >= 11 is 1.53. The molecule has 0 unspecified atom stereocenters. The van der Waals surface area contributed by atoms with Gasteiger partial charge in [0.1, 0.15) is 17.8 Å². The number of carbonyl (C=O) groups excluding carboxylic acids is 3. The molecular formula is C27H35FN4O5S. The van der Waals surface area contributed by atoms with Gasteiger partial charge in [-0.05, 0) is 36.8 Å². The molecular weight excluding hydrogens is 511 g/mol. The summed E-state index contributed by atoms with van der Waals surface area (Å²) in [5.41, 5.74) is 1.75. The van der Waals surface area contributed by atoms with Crippen molar-refractivity contribution in [2.75, 3.05) is 13.7 Å². The highest BCUT2D eigenvalue weighted by atomic mass is 32.1. The second-order valence-electron chi connectivity index (χ2n) is 11.1. The lowest BCUT2D eigenvalue weighted by molar-refractivity contribution is -0.145. The summed E-state index contributed by atoms with van der Waals surface area (Å²) < 4.78 is 19.9. The third-order valence-corrected chi connectivity index (χ3v) is 8.07. The smallest absolute Gasteiger partial charge is 0.258 e. The van der Waals surface area contributed by atoms with Gasteiger partial charge < -0.3 is 25.4 Å². The fourth-order valence-corrected chi connectivity index (χ4v) is 5.43. The molecule has 2 aromatic rings. The Morgan fingerprint density at radius 2 is 2.03 bits per heavy atom. The van der Waals surface area contributed by atoms with E-state index in [0.29, 0.717) is 5.75 Å². The number of aryl methyl sites for hydroxylation is 1. The molecule has 3 atom stereocenters. The number of aromatic nitrogens is 1. The van der Waals surface area contributed by atoms with Crippen LogP contribution in [0.2, 0.25) is 0 Å². The van der Waals surface area contributed by atoms with Crippen molar-refractivity contribution >= 4 is 29.1 Å². The first kappa shape index (κ1) is 28.0. The predicted octanol–water partition coefficient (Wildman–Crippen LogP) is 2.74. The Morgan fingerprint density at radius 3 is 2.61 bits per heavy atom. The second-order valence-corrected chi connectivity index (χ2v) is 12.0. The van der Waals surface area contributed by atoms with E-state index in [9.17, 15) is 23.9 Å². The van der Waals surface area contributed by atoms with Crippen LogP contribution >= 0.6 is 11.3 Å². The van der Waals surface area contributed by atoms with Gasteiger partial charge in [-0.2, -0.15) is 0 Å². The average Bonchev–Trinajstić information content (AvgIpc) is 3.28. The number of nitrogens with one attached hydrogen (secondary N) is 2. The van der Waals surface area contributed by atoms with Gasteiger partial charge in [-0.25, -0.2) is 9.37 Å². The minimum Gasteiger partial charge on any atom is -0.496 e. The third-order valence-electron chi connectivity index (χ3n) is 7.10. The summed E-state index contributed by atoms with van der Waals surface area (Å²) in [7, 11) is 1.56. The largest absolute Gasteiger partial charge is 0.496 e. The van der Waals surface area contributed by atoms with Crippen molar-refractivity contribution in [2.45, 2.75) is 77.4 Å². The molecule has 2 heterocycles. The number of amides is 3. The van der Waals surface area contributed by atoms with Crippen molar-refractivity contribution in [1.82, 2.24) is 20.5 Å². The topological polar surface area (TPSA) is 121 Å². The lowest BCUT2D eigenvalue weighted by Crippen LogP contribution is -2.59. The number of rotatable bonds is 8. The number of nitrogens with zero attached hydrogens (tertiary/aromatic N) is 2. The molecule has 3 N–H and O–H groups in total. The van der Waals surface area contributed by atoms with Crippen molar-refractivity contribution in [3.05, 3.63) is 35.0 Å². The molecule has 1 aromatic heterocycles. The van der Waals surface area contributed by atoms with Gasteiger partial charge in [-0.15, -0.1) is 11.3 Å². The van der Waals surface area contributed by atoms with Crippen molar-refractivity contribution < 1.29 is 28.6 Å². The Labute approximate surface area is 225 Å². The number of ether oxygens (including phenoxy) is 1. The normalized spacial score (nSPS) is 21.1. The number of benzene rings is 1. The standard InChI is InChI=1S/C27H35FN4O5S/c1-15-21(38-14-30-15)16-6-7-17(20(10-16)37-5)12-29-23(34)19-11-18(33)13-32(19)24(35)22(26(2,3)4)31-25(36)27(28)8-9-27/h6-7,10,14,18-19,22,33H,8-9,11-13H2,1-5H3,(H,29,34)(H,31,36)/t18-,19+,22-/m1/s1. The van der Waals surface area contributed by atoms with Gasteiger partial charge >= 0.3 is 0 Å². The van der Waals surface area contributed by atoms with Crippen LogP contribution < -0.4 is 15.4 Å². The monoisotopic (exact) mass is 546 g/mol. The molecule has 1 aliphatic heterocycles. The molecule has 2 fully saturated rings. The molecule has 1 aromatic carbocycles. The minimum atomic E-state index is -1.93. The van der Waals surface area contributed by atoms with E-state index in [1.54, 1.807) is 33.4 Å². The Morgan fingerprint density at radius 1 is 1.32 bits per heavy atom. The number of halogens is 1. The van der Waals surface area contributed by atoms with Gasteiger partial charge in [0.25, 0.3) is 5.91 Å². The lowest BCUT2D eigenvalue weighted by atomic mass is 9.85. The maximum absolute atomic E-state index is 14.3. The van der Waals surface area contributed by atoms with Gasteiger partial charge in [0.2, 0.25) is 11.8 Å². The van der Waals surface area contributed by atoms with Gasteiger partial charge in [0.15, 0.2) is 5.67 Å². The van der Waals surface area contributed by atoms with Crippen LogP contribution in [0.25, 0.3) is 10.4 Å². The van der Waals surface area contributed by atoms with Crippen molar-refractivity contribution in [3.8, 4) is 16.2 Å². The van der Waals surface area contributed by atoms with Crippen molar-refractivity contribution in [3.63, 3.8) is 0 Å². The number of alkyl halides is 1. The van der Waals surface area contributed by atoms with Gasteiger partial charge in [-0.3, -0.25) is 14.4 Å². The molecule has 3 amide bonds. The lowest BCUT2D eigenvalue weighted by Gasteiger charge is -2.35. The highest BCUT2D eigenvalue weighted by molar-refractivity contribution is 7.13. The first-order chi connectivity index (χ1) is 17.8. The van der Waals surface area contributed by atoms with E-state index in [2.05, 4.69) is 15.6 Å². The zero-order chi connectivity index (χ0) is 27.8. The second kappa shape index (κ2) is 10.6. The predicted molar refractivity (Wildman–Crippen MR) is 141 cm³/mol. The number of likely N-dealkylation sites (tertiary alicyclic amines) is 1. The highest BCUT2D eigenvalue weighted by Gasteiger charge is 2.53. The quantitative estimate of drug-likeness (QED) is 0.468. The summed E-state index contributed by atoms with van der Waals surface area (Å²) in [5.74, 6) is -1.16. The Kier molecular flexibility index (Phi) is 7.81. The van der Waals surface area contributed by atoms with Crippen LogP contribution in [-0.4, -0.2) is 70.2 Å². The van der Waals surface area contributed by atoms with Crippen LogP contribution in [-0.2, 0) is 20.9 Å². The summed E-state index contributed by atoms with van der Waals surface area (Å²) in [6.07, 6.45) is -0.564. The minimum absolute atomic E-state index is 0.0492. The van der Waals surface area contributed by atoms with Crippen LogP contribution in [0.1, 0.15) is 51.3 Å². The maximum Gasteiger partial charge on any atom is 0.258 e. The van der Waals surface area contributed by atoms with E-state index in [1.807, 2.05) is 25.1 Å². The molecule has 1 aliphatic carbocycles. The van der Waals surface area contributed by atoms with Crippen LogP contribution in [0.5, 0.6) is 5.75 Å². The molecule has 9 nitrogen and oxygen atoms in total. The number of β-amino-alcohol motifs (C(OH)–C–C–N with tert-alkyl or cyclic N) is 1. The van der Waals surface area contributed by atoms with Crippen molar-refractivity contribution in [1.29, 1.82) is 0 Å². The molecule has 0 spiro atoms. The zero-order valence-electron chi connectivity index (χ0n) is 22.3. The Bertz CT molecular complexity index is 1220. The third kappa shape index (κ3) is 5.83. The van der Waals surface area contributed by atoms with E-state index < -0.39 is 47.0 Å². The summed E-state index contributed by atoms with van der Waals surface area (Å²) in [6, 6.07) is 3.73. The zero-order valence-corrected chi connectivity index (χ0v) is 23.2. The average molecular weight is 547 g/mol. The molecule has 4 rings (SSSR count). The van der Waals surface area contributed by atoms with E-state index in [4.69, 9.17) is 4.74 Å². The first-order valence-corrected chi connectivity index (χ1v) is 13.6. The van der Waals surface area contributed by atoms with Crippen LogP contribution in [0.15, 0.2) is 23.7 Å². The number of hydrogen-bond acceptors (Lipinski definition) is 7. The fraction of sp³-hybridized carbons (Fsp3) is 0.556. The van der Waals surface area contributed by atoms with Crippen LogP contribution in [0.3, 0.4) is 0 Å². The molecule has 1 saturated carbocycles.